The minimum atomic E-state index is -1.14. The molecule has 5 aromatic rings. The van der Waals surface area contributed by atoms with Crippen LogP contribution in [0.15, 0.2) is 97.1 Å². The van der Waals surface area contributed by atoms with Crippen LogP contribution in [-0.4, -0.2) is 38.8 Å². The third kappa shape index (κ3) is 5.99. The number of anilines is 1. The molecule has 0 spiro atoms. The van der Waals surface area contributed by atoms with Gasteiger partial charge in [0.25, 0.3) is 5.91 Å². The number of ether oxygens (including phenoxy) is 1. The van der Waals surface area contributed by atoms with Crippen molar-refractivity contribution in [2.24, 2.45) is 0 Å². The lowest BCUT2D eigenvalue weighted by Crippen LogP contribution is -2.42. The van der Waals surface area contributed by atoms with Gasteiger partial charge in [0, 0.05) is 12.2 Å². The fraction of sp³-hybridized carbons (Fsp3) is 0.161. The highest BCUT2D eigenvalue weighted by Crippen LogP contribution is 2.27. The number of aromatic nitrogens is 3. The van der Waals surface area contributed by atoms with Crippen LogP contribution in [-0.2, 0) is 22.7 Å². The van der Waals surface area contributed by atoms with Gasteiger partial charge >= 0.3 is 0 Å². The number of aryl methyl sites for hydroxylation is 1. The van der Waals surface area contributed by atoms with E-state index in [1.165, 1.54) is 27.8 Å². The van der Waals surface area contributed by atoms with E-state index in [1.54, 1.807) is 37.4 Å². The number of fused-ring (bicyclic) bond motifs is 1. The maximum absolute atomic E-state index is 14.4. The van der Waals surface area contributed by atoms with Crippen molar-refractivity contribution in [2.75, 3.05) is 12.4 Å². The molecular formula is C31H28FN5O3. The Bertz CT molecular complexity index is 1630. The van der Waals surface area contributed by atoms with Crippen molar-refractivity contribution in [3.8, 4) is 5.75 Å². The zero-order valence-electron chi connectivity index (χ0n) is 22.1. The highest BCUT2D eigenvalue weighted by atomic mass is 19.1. The van der Waals surface area contributed by atoms with Crippen LogP contribution in [0, 0.1) is 12.7 Å². The van der Waals surface area contributed by atoms with Crippen molar-refractivity contribution < 1.29 is 18.7 Å². The zero-order valence-corrected chi connectivity index (χ0v) is 22.1. The van der Waals surface area contributed by atoms with E-state index in [9.17, 15) is 14.0 Å². The molecule has 1 atom stereocenters. The van der Waals surface area contributed by atoms with Crippen LogP contribution in [0.3, 0.4) is 0 Å². The molecule has 2 amide bonds. The Morgan fingerprint density at radius 3 is 2.45 bits per heavy atom. The van der Waals surface area contributed by atoms with Crippen LogP contribution in [0.5, 0.6) is 5.75 Å². The predicted molar refractivity (Wildman–Crippen MR) is 150 cm³/mol. The number of carbonyl (C=O) groups is 2. The highest BCUT2D eigenvalue weighted by Gasteiger charge is 2.32. The molecule has 0 bridgehead atoms. The van der Waals surface area contributed by atoms with E-state index in [-0.39, 0.29) is 19.0 Å². The van der Waals surface area contributed by atoms with Gasteiger partial charge in [0.05, 0.1) is 12.6 Å². The molecule has 0 aliphatic carbocycles. The molecule has 0 fully saturated rings. The molecule has 1 aromatic heterocycles. The van der Waals surface area contributed by atoms with Crippen molar-refractivity contribution in [3.63, 3.8) is 0 Å². The van der Waals surface area contributed by atoms with Gasteiger partial charge in [-0.15, -0.1) is 5.10 Å². The number of hydrogen-bond acceptors (Lipinski definition) is 5. The summed E-state index contributed by atoms with van der Waals surface area (Å²) in [6, 6.07) is 26.5. The Hall–Kier alpha value is -5.05. The SMILES string of the molecule is COc1ccc(NC(=O)C(c2cccc(F)c2)N(Cc2ccc(C)cc2)C(=O)Cn2nnc3ccccc32)cc1. The van der Waals surface area contributed by atoms with Crippen molar-refractivity contribution >= 4 is 28.5 Å². The maximum Gasteiger partial charge on any atom is 0.251 e. The first-order valence-corrected chi connectivity index (χ1v) is 12.7. The molecule has 202 valence electrons. The van der Waals surface area contributed by atoms with Gasteiger partial charge in [-0.3, -0.25) is 9.59 Å². The number of nitrogens with one attached hydrogen (secondary N) is 1. The summed E-state index contributed by atoms with van der Waals surface area (Å²) < 4.78 is 21.2. The van der Waals surface area contributed by atoms with E-state index in [0.717, 1.165) is 11.1 Å². The molecule has 0 saturated heterocycles. The Kier molecular flexibility index (Phi) is 7.82. The number of amides is 2. The molecular weight excluding hydrogens is 509 g/mol. The van der Waals surface area contributed by atoms with Gasteiger partial charge < -0.3 is 15.0 Å². The van der Waals surface area contributed by atoms with E-state index in [0.29, 0.717) is 28.0 Å². The van der Waals surface area contributed by atoms with E-state index in [2.05, 4.69) is 15.6 Å². The Morgan fingerprint density at radius 2 is 1.73 bits per heavy atom. The average Bonchev–Trinajstić information content (AvgIpc) is 3.37. The van der Waals surface area contributed by atoms with Gasteiger partial charge in [0.15, 0.2) is 0 Å². The molecule has 1 unspecified atom stereocenters. The van der Waals surface area contributed by atoms with Crippen LogP contribution in [0.25, 0.3) is 11.0 Å². The van der Waals surface area contributed by atoms with E-state index in [4.69, 9.17) is 4.74 Å². The summed E-state index contributed by atoms with van der Waals surface area (Å²) >= 11 is 0. The van der Waals surface area contributed by atoms with E-state index < -0.39 is 17.8 Å². The Labute approximate surface area is 231 Å². The summed E-state index contributed by atoms with van der Waals surface area (Å²) in [6.07, 6.45) is 0. The Morgan fingerprint density at radius 1 is 0.975 bits per heavy atom. The topological polar surface area (TPSA) is 89.4 Å². The lowest BCUT2D eigenvalue weighted by atomic mass is 10.0. The second kappa shape index (κ2) is 11.8. The van der Waals surface area contributed by atoms with Crippen LogP contribution < -0.4 is 10.1 Å². The lowest BCUT2D eigenvalue weighted by molar-refractivity contribution is -0.140. The Balaban J connectivity index is 1.54. The van der Waals surface area contributed by atoms with Crippen LogP contribution >= 0.6 is 0 Å². The fourth-order valence-electron chi connectivity index (χ4n) is 4.50. The summed E-state index contributed by atoms with van der Waals surface area (Å²) in [5.41, 5.74) is 4.08. The summed E-state index contributed by atoms with van der Waals surface area (Å²) in [4.78, 5) is 29.4. The summed E-state index contributed by atoms with van der Waals surface area (Å²) in [7, 11) is 1.56. The average molecular weight is 538 g/mol. The second-order valence-corrected chi connectivity index (χ2v) is 9.42. The van der Waals surface area contributed by atoms with Gasteiger partial charge in [0.2, 0.25) is 5.91 Å². The smallest absolute Gasteiger partial charge is 0.251 e. The standard InChI is InChI=1S/C31H28FN5O3/c1-21-10-12-22(13-11-21)19-36(29(38)20-37-28-9-4-3-8-27(28)34-35-37)30(23-6-5-7-24(32)18-23)31(39)33-25-14-16-26(40-2)17-15-25/h3-18,30H,19-20H2,1-2H3,(H,33,39). The zero-order chi connectivity index (χ0) is 28.1. The largest absolute Gasteiger partial charge is 0.497 e. The van der Waals surface area contributed by atoms with Crippen molar-refractivity contribution in [1.82, 2.24) is 19.9 Å². The lowest BCUT2D eigenvalue weighted by Gasteiger charge is -2.31. The van der Waals surface area contributed by atoms with Crippen LogP contribution in [0.1, 0.15) is 22.7 Å². The van der Waals surface area contributed by atoms with Gasteiger partial charge in [0.1, 0.15) is 29.7 Å². The molecule has 4 aromatic carbocycles. The third-order valence-electron chi connectivity index (χ3n) is 6.58. The number of methoxy groups -OCH3 is 1. The van der Waals surface area contributed by atoms with Gasteiger partial charge in [-0.1, -0.05) is 59.3 Å². The number of benzene rings is 4. The maximum atomic E-state index is 14.4. The highest BCUT2D eigenvalue weighted by molar-refractivity contribution is 5.98. The molecule has 0 aliphatic heterocycles. The summed E-state index contributed by atoms with van der Waals surface area (Å²) in [6.45, 7) is 1.93. The number of hydrogen-bond donors (Lipinski definition) is 1. The summed E-state index contributed by atoms with van der Waals surface area (Å²) in [5, 5.41) is 11.2. The number of para-hydroxylation sites is 1. The quantitative estimate of drug-likeness (QED) is 0.276. The van der Waals surface area contributed by atoms with Gasteiger partial charge in [-0.2, -0.15) is 0 Å². The molecule has 0 aliphatic rings. The molecule has 0 radical (unpaired) electrons. The van der Waals surface area contributed by atoms with Gasteiger partial charge in [-0.25, -0.2) is 9.07 Å². The number of rotatable bonds is 9. The normalized spacial score (nSPS) is 11.7. The monoisotopic (exact) mass is 537 g/mol. The molecule has 9 heteroatoms. The van der Waals surface area contributed by atoms with Crippen molar-refractivity contribution in [2.45, 2.75) is 26.1 Å². The molecule has 1 heterocycles. The molecule has 8 nitrogen and oxygen atoms in total. The number of nitrogens with zero attached hydrogens (tertiary/aromatic N) is 4. The van der Waals surface area contributed by atoms with Crippen LogP contribution in [0.4, 0.5) is 10.1 Å². The van der Waals surface area contributed by atoms with E-state index in [1.807, 2.05) is 55.5 Å². The van der Waals surface area contributed by atoms with E-state index >= 15 is 0 Å². The molecule has 5 rings (SSSR count). The van der Waals surface area contributed by atoms with Gasteiger partial charge in [-0.05, 0) is 66.6 Å². The number of carbonyl (C=O) groups excluding carboxylic acids is 2. The first kappa shape index (κ1) is 26.6. The number of halogens is 1. The third-order valence-corrected chi connectivity index (χ3v) is 6.58. The first-order chi connectivity index (χ1) is 19.4. The molecule has 0 saturated carbocycles. The van der Waals surface area contributed by atoms with Crippen molar-refractivity contribution in [3.05, 3.63) is 120 Å². The molecule has 1 N–H and O–H groups in total. The second-order valence-electron chi connectivity index (χ2n) is 9.42. The minimum absolute atomic E-state index is 0.114. The summed E-state index contributed by atoms with van der Waals surface area (Å²) in [5.74, 6) is -0.740. The first-order valence-electron chi connectivity index (χ1n) is 12.7. The minimum Gasteiger partial charge on any atom is -0.497 e. The van der Waals surface area contributed by atoms with Crippen molar-refractivity contribution in [1.29, 1.82) is 0 Å². The predicted octanol–water partition coefficient (Wildman–Crippen LogP) is 5.30. The fourth-order valence-corrected chi connectivity index (χ4v) is 4.50. The van der Waals surface area contributed by atoms with Crippen LogP contribution in [0.2, 0.25) is 0 Å². The molecule has 40 heavy (non-hydrogen) atoms.